The third-order valence-electron chi connectivity index (χ3n) is 5.38. The minimum atomic E-state index is -0.172. The minimum Gasteiger partial charge on any atom is -0.359 e. The molecule has 0 saturated heterocycles. The largest absolute Gasteiger partial charge is 0.359 e. The van der Waals surface area contributed by atoms with Crippen LogP contribution in [0.3, 0.4) is 0 Å². The van der Waals surface area contributed by atoms with Gasteiger partial charge in [0, 0.05) is 32.6 Å². The van der Waals surface area contributed by atoms with Crippen molar-refractivity contribution in [1.29, 1.82) is 0 Å². The number of hydrogen-bond acceptors (Lipinski definition) is 3. The van der Waals surface area contributed by atoms with E-state index in [0.717, 1.165) is 12.8 Å². The fourth-order valence-electron chi connectivity index (χ4n) is 4.13. The highest BCUT2D eigenvalue weighted by molar-refractivity contribution is 5.85. The Morgan fingerprint density at radius 3 is 2.32 bits per heavy atom. The molecule has 2 rings (SSSR count). The first-order valence-electron chi connectivity index (χ1n) is 8.16. The molecule has 6 heteroatoms. The molecule has 2 saturated carbocycles. The summed E-state index contributed by atoms with van der Waals surface area (Å²) in [5, 5.41) is 2.63. The normalized spacial score (nSPS) is 31.6. The van der Waals surface area contributed by atoms with Crippen molar-refractivity contribution in [2.24, 2.45) is 29.4 Å². The van der Waals surface area contributed by atoms with E-state index in [1.165, 1.54) is 19.3 Å². The topological polar surface area (TPSA) is 75.4 Å². The summed E-state index contributed by atoms with van der Waals surface area (Å²) in [5.74, 6) is 1.12. The lowest BCUT2D eigenvalue weighted by molar-refractivity contribution is -0.138. The van der Waals surface area contributed by atoms with Gasteiger partial charge in [0.05, 0.1) is 5.92 Å². The zero-order chi connectivity index (χ0) is 15.6. The molecule has 0 aromatic heterocycles. The molecule has 2 amide bonds. The van der Waals surface area contributed by atoms with Gasteiger partial charge in [-0.3, -0.25) is 9.59 Å². The number of nitrogens with one attached hydrogen (secondary N) is 1. The zero-order valence-corrected chi connectivity index (χ0v) is 14.7. The number of nitrogens with zero attached hydrogens (tertiary/aromatic N) is 1. The molecule has 128 valence electrons. The molecule has 0 heterocycles. The lowest BCUT2D eigenvalue weighted by atomic mass is 9.65. The maximum atomic E-state index is 12.6. The fraction of sp³-hybridized carbons (Fsp3) is 0.875. The van der Waals surface area contributed by atoms with E-state index in [0.29, 0.717) is 18.4 Å². The first kappa shape index (κ1) is 19.2. The predicted octanol–water partition coefficient (Wildman–Crippen LogP) is 1.40. The lowest BCUT2D eigenvalue weighted by Gasteiger charge is -2.44. The maximum absolute atomic E-state index is 12.6. The monoisotopic (exact) mass is 331 g/mol. The van der Waals surface area contributed by atoms with Crippen molar-refractivity contribution in [3.8, 4) is 0 Å². The third-order valence-corrected chi connectivity index (χ3v) is 5.38. The second-order valence-corrected chi connectivity index (χ2v) is 6.93. The molecule has 3 unspecified atom stereocenters. The van der Waals surface area contributed by atoms with Crippen LogP contribution < -0.4 is 11.1 Å². The van der Waals surface area contributed by atoms with Gasteiger partial charge in [0.25, 0.3) is 0 Å². The van der Waals surface area contributed by atoms with Crippen molar-refractivity contribution in [3.63, 3.8) is 0 Å². The number of nitrogens with two attached hydrogens (primary N) is 1. The molecular formula is C16H30ClN3O2. The Bertz CT molecular complexity index is 391. The van der Waals surface area contributed by atoms with E-state index < -0.39 is 0 Å². The molecule has 2 aliphatic carbocycles. The molecule has 3 N–H and O–H groups in total. The highest BCUT2D eigenvalue weighted by Gasteiger charge is 2.41. The molecule has 0 aromatic rings. The van der Waals surface area contributed by atoms with Crippen LogP contribution in [-0.2, 0) is 9.59 Å². The van der Waals surface area contributed by atoms with Gasteiger partial charge < -0.3 is 16.0 Å². The molecule has 2 bridgehead atoms. The molecule has 0 spiro atoms. The van der Waals surface area contributed by atoms with E-state index in [2.05, 4.69) is 5.32 Å². The van der Waals surface area contributed by atoms with E-state index in [-0.39, 0.29) is 42.1 Å². The first-order valence-corrected chi connectivity index (χ1v) is 8.16. The average molecular weight is 332 g/mol. The van der Waals surface area contributed by atoms with E-state index in [9.17, 15) is 9.59 Å². The molecular weight excluding hydrogens is 302 g/mol. The molecule has 2 fully saturated rings. The Kier molecular flexibility index (Phi) is 7.13. The highest BCUT2D eigenvalue weighted by atomic mass is 35.5. The van der Waals surface area contributed by atoms with Gasteiger partial charge in [0.2, 0.25) is 11.8 Å². The van der Waals surface area contributed by atoms with Gasteiger partial charge in [-0.15, -0.1) is 12.4 Å². The van der Waals surface area contributed by atoms with Gasteiger partial charge in [-0.25, -0.2) is 0 Å². The number of hydrogen-bond donors (Lipinski definition) is 2. The van der Waals surface area contributed by atoms with Crippen LogP contribution >= 0.6 is 12.4 Å². The quantitative estimate of drug-likeness (QED) is 0.817. The van der Waals surface area contributed by atoms with Crippen molar-refractivity contribution < 1.29 is 9.59 Å². The Morgan fingerprint density at radius 1 is 1.27 bits per heavy atom. The summed E-state index contributed by atoms with van der Waals surface area (Å²) in [4.78, 5) is 26.0. The number of amides is 2. The number of fused-ring (bicyclic) bond motifs is 2. The van der Waals surface area contributed by atoms with E-state index in [4.69, 9.17) is 5.73 Å². The highest BCUT2D eigenvalue weighted by Crippen LogP contribution is 2.42. The summed E-state index contributed by atoms with van der Waals surface area (Å²) in [5.41, 5.74) is 6.28. The van der Waals surface area contributed by atoms with Crippen molar-refractivity contribution in [1.82, 2.24) is 10.2 Å². The minimum absolute atomic E-state index is 0. The predicted molar refractivity (Wildman–Crippen MR) is 89.6 cm³/mol. The van der Waals surface area contributed by atoms with Gasteiger partial charge in [-0.05, 0) is 37.5 Å². The number of rotatable bonds is 4. The summed E-state index contributed by atoms with van der Waals surface area (Å²) in [7, 11) is 3.44. The Hall–Kier alpha value is -0.810. The van der Waals surface area contributed by atoms with Crippen LogP contribution in [0.15, 0.2) is 0 Å². The van der Waals surface area contributed by atoms with E-state index in [1.807, 2.05) is 14.0 Å². The molecule has 5 nitrogen and oxygen atoms in total. The van der Waals surface area contributed by atoms with Gasteiger partial charge in [0.1, 0.15) is 0 Å². The van der Waals surface area contributed by atoms with Crippen molar-refractivity contribution in [2.45, 2.75) is 45.1 Å². The maximum Gasteiger partial charge on any atom is 0.225 e. The Morgan fingerprint density at radius 2 is 1.82 bits per heavy atom. The van der Waals surface area contributed by atoms with Crippen LogP contribution in [0.25, 0.3) is 0 Å². The average Bonchev–Trinajstić information content (AvgIpc) is 2.45. The molecule has 0 radical (unpaired) electrons. The van der Waals surface area contributed by atoms with Gasteiger partial charge in [-0.1, -0.05) is 13.3 Å². The van der Waals surface area contributed by atoms with Crippen LogP contribution in [0.1, 0.15) is 39.0 Å². The molecule has 0 aliphatic heterocycles. The third kappa shape index (κ3) is 4.13. The van der Waals surface area contributed by atoms with Gasteiger partial charge in [0.15, 0.2) is 0 Å². The van der Waals surface area contributed by atoms with Gasteiger partial charge in [-0.2, -0.15) is 0 Å². The molecule has 3 atom stereocenters. The molecule has 2 aliphatic rings. The van der Waals surface area contributed by atoms with Crippen LogP contribution in [0, 0.1) is 23.7 Å². The summed E-state index contributed by atoms with van der Waals surface area (Å²) in [6.07, 6.45) is 5.44. The number of carbonyl (C=O) groups is 2. The zero-order valence-electron chi connectivity index (χ0n) is 13.9. The summed E-state index contributed by atoms with van der Waals surface area (Å²) in [6.45, 7) is 2.34. The van der Waals surface area contributed by atoms with E-state index in [1.54, 1.807) is 11.9 Å². The van der Waals surface area contributed by atoms with Crippen molar-refractivity contribution in [3.05, 3.63) is 0 Å². The summed E-state index contributed by atoms with van der Waals surface area (Å²) in [6, 6.07) is 0.290. The van der Waals surface area contributed by atoms with Crippen LogP contribution in [0.5, 0.6) is 0 Å². The van der Waals surface area contributed by atoms with E-state index >= 15 is 0 Å². The smallest absolute Gasteiger partial charge is 0.225 e. The second kappa shape index (κ2) is 8.16. The van der Waals surface area contributed by atoms with Crippen molar-refractivity contribution >= 4 is 24.2 Å². The van der Waals surface area contributed by atoms with Crippen LogP contribution in [-0.4, -0.2) is 43.4 Å². The Labute approximate surface area is 139 Å². The molecule has 22 heavy (non-hydrogen) atoms. The lowest BCUT2D eigenvalue weighted by Crippen LogP contribution is -2.50. The van der Waals surface area contributed by atoms with Crippen LogP contribution in [0.4, 0.5) is 0 Å². The number of carbonyl (C=O) groups excluding carboxylic acids is 2. The first-order chi connectivity index (χ1) is 9.93. The van der Waals surface area contributed by atoms with Crippen LogP contribution in [0.2, 0.25) is 0 Å². The standard InChI is InChI=1S/C16H29N3O2.ClH/c1-10(15(20)18-2)9-19(3)16(21)13-7-11-5-4-6-12(8-13)14(11)17;/h10-14H,4-9,17H2,1-3H3,(H,18,20);1H. The Balaban J connectivity index is 0.00000242. The van der Waals surface area contributed by atoms with Gasteiger partial charge >= 0.3 is 0 Å². The SMILES string of the molecule is CNC(=O)C(C)CN(C)C(=O)C1CC2CCCC(C1)C2N.Cl. The van der Waals surface area contributed by atoms with Crippen molar-refractivity contribution in [2.75, 3.05) is 20.6 Å². The molecule has 0 aromatic carbocycles. The summed E-state index contributed by atoms with van der Waals surface area (Å²) >= 11 is 0. The second-order valence-electron chi connectivity index (χ2n) is 6.93. The fourth-order valence-corrected chi connectivity index (χ4v) is 4.13. The number of halogens is 1. The summed E-state index contributed by atoms with van der Waals surface area (Å²) < 4.78 is 0.